The number of furan rings is 1. The highest BCUT2D eigenvalue weighted by atomic mass is 79.9. The molecule has 1 aromatic heterocycles. The van der Waals surface area contributed by atoms with Gasteiger partial charge in [0.2, 0.25) is 11.5 Å². The first-order valence-corrected chi connectivity index (χ1v) is 7.83. The number of carbonyl (C=O) groups is 2. The van der Waals surface area contributed by atoms with Crippen molar-refractivity contribution in [3.63, 3.8) is 0 Å². The van der Waals surface area contributed by atoms with Crippen LogP contribution in [0.3, 0.4) is 0 Å². The third kappa shape index (κ3) is 3.35. The Morgan fingerprint density at radius 1 is 1.09 bits per heavy atom. The highest BCUT2D eigenvalue weighted by Gasteiger charge is 2.22. The summed E-state index contributed by atoms with van der Waals surface area (Å²) in [6, 6.07) is 15.8. The highest BCUT2D eigenvalue weighted by Crippen LogP contribution is 2.20. The fourth-order valence-corrected chi connectivity index (χ4v) is 2.47. The minimum atomic E-state index is -0.892. The molecule has 0 radical (unpaired) electrons. The molecule has 0 N–H and O–H groups in total. The second-order valence-electron chi connectivity index (χ2n) is 5.07. The van der Waals surface area contributed by atoms with Crippen molar-refractivity contribution in [2.75, 3.05) is 0 Å². The van der Waals surface area contributed by atoms with Crippen LogP contribution in [-0.4, -0.2) is 17.9 Å². The van der Waals surface area contributed by atoms with Crippen LogP contribution >= 0.6 is 15.9 Å². The Kier molecular flexibility index (Phi) is 4.30. The molecule has 5 heteroatoms. The normalized spacial score (nSPS) is 12.1. The van der Waals surface area contributed by atoms with E-state index in [-0.39, 0.29) is 11.5 Å². The standard InChI is InChI=1S/C18H13BrO4/c1-11(17(20)12-6-8-14(19)9-7-12)22-18(21)16-10-13-4-2-3-5-15(13)23-16/h2-11H,1H3/t11-/m0/s1. The molecule has 3 aromatic rings. The molecule has 4 nitrogen and oxygen atoms in total. The van der Waals surface area contributed by atoms with Crippen LogP contribution in [0.15, 0.2) is 63.5 Å². The number of fused-ring (bicyclic) bond motifs is 1. The van der Waals surface area contributed by atoms with Crippen molar-refractivity contribution in [1.82, 2.24) is 0 Å². The zero-order valence-electron chi connectivity index (χ0n) is 12.3. The van der Waals surface area contributed by atoms with Gasteiger partial charge < -0.3 is 9.15 Å². The van der Waals surface area contributed by atoms with Gasteiger partial charge in [0.05, 0.1) is 0 Å². The topological polar surface area (TPSA) is 56.5 Å². The van der Waals surface area contributed by atoms with E-state index in [9.17, 15) is 9.59 Å². The predicted octanol–water partition coefficient (Wildman–Crippen LogP) is 4.62. The van der Waals surface area contributed by atoms with Crippen molar-refractivity contribution in [2.24, 2.45) is 0 Å². The molecular formula is C18H13BrO4. The first-order chi connectivity index (χ1) is 11.0. The van der Waals surface area contributed by atoms with Gasteiger partial charge in [0.25, 0.3) is 0 Å². The van der Waals surface area contributed by atoms with Gasteiger partial charge in [-0.3, -0.25) is 4.79 Å². The quantitative estimate of drug-likeness (QED) is 0.495. The molecule has 0 spiro atoms. The summed E-state index contributed by atoms with van der Waals surface area (Å²) in [5, 5.41) is 0.811. The molecule has 116 valence electrons. The van der Waals surface area contributed by atoms with E-state index < -0.39 is 12.1 Å². The van der Waals surface area contributed by atoms with Gasteiger partial charge in [-0.2, -0.15) is 0 Å². The van der Waals surface area contributed by atoms with E-state index in [2.05, 4.69) is 15.9 Å². The summed E-state index contributed by atoms with van der Waals surface area (Å²) in [5.41, 5.74) is 1.09. The predicted molar refractivity (Wildman–Crippen MR) is 89.6 cm³/mol. The fourth-order valence-electron chi connectivity index (χ4n) is 2.20. The average Bonchev–Trinajstić information content (AvgIpc) is 2.99. The Hall–Kier alpha value is -2.40. The second-order valence-corrected chi connectivity index (χ2v) is 5.98. The maximum absolute atomic E-state index is 12.3. The number of rotatable bonds is 4. The van der Waals surface area contributed by atoms with Gasteiger partial charge in [-0.15, -0.1) is 0 Å². The van der Waals surface area contributed by atoms with Crippen LogP contribution in [0.2, 0.25) is 0 Å². The monoisotopic (exact) mass is 372 g/mol. The summed E-state index contributed by atoms with van der Waals surface area (Å²) in [5.74, 6) is -0.831. The molecule has 0 aliphatic heterocycles. The molecule has 0 saturated carbocycles. The van der Waals surface area contributed by atoms with Crippen LogP contribution in [0, 0.1) is 0 Å². The second kappa shape index (κ2) is 6.38. The van der Waals surface area contributed by atoms with Crippen molar-refractivity contribution in [2.45, 2.75) is 13.0 Å². The molecule has 0 saturated heterocycles. The molecule has 0 aliphatic carbocycles. The highest BCUT2D eigenvalue weighted by molar-refractivity contribution is 9.10. The van der Waals surface area contributed by atoms with Crippen LogP contribution in [0.1, 0.15) is 27.8 Å². The van der Waals surface area contributed by atoms with Crippen LogP contribution in [0.4, 0.5) is 0 Å². The summed E-state index contributed by atoms with van der Waals surface area (Å²) < 4.78 is 11.5. The lowest BCUT2D eigenvalue weighted by Gasteiger charge is -2.11. The van der Waals surface area contributed by atoms with E-state index in [1.165, 1.54) is 0 Å². The number of ether oxygens (including phenoxy) is 1. The molecule has 2 aromatic carbocycles. The smallest absolute Gasteiger partial charge is 0.374 e. The van der Waals surface area contributed by atoms with Crippen molar-refractivity contribution < 1.29 is 18.7 Å². The Bertz CT molecular complexity index is 831. The van der Waals surface area contributed by atoms with Gasteiger partial charge in [-0.25, -0.2) is 4.79 Å². The lowest BCUT2D eigenvalue weighted by molar-refractivity contribution is 0.0291. The van der Waals surface area contributed by atoms with Gasteiger partial charge in [0, 0.05) is 15.4 Å². The van der Waals surface area contributed by atoms with Gasteiger partial charge >= 0.3 is 5.97 Å². The van der Waals surface area contributed by atoms with Gasteiger partial charge in [-0.05, 0) is 31.2 Å². The van der Waals surface area contributed by atoms with Gasteiger partial charge in [0.1, 0.15) is 5.58 Å². The number of hydrogen-bond donors (Lipinski definition) is 0. The molecule has 0 bridgehead atoms. The van der Waals surface area contributed by atoms with Crippen LogP contribution in [0.25, 0.3) is 11.0 Å². The van der Waals surface area contributed by atoms with E-state index >= 15 is 0 Å². The largest absolute Gasteiger partial charge is 0.449 e. The van der Waals surface area contributed by atoms with Gasteiger partial charge in [0.15, 0.2) is 6.10 Å². The molecular weight excluding hydrogens is 360 g/mol. The molecule has 1 atom stereocenters. The molecule has 0 amide bonds. The minimum absolute atomic E-state index is 0.0849. The molecule has 0 unspecified atom stereocenters. The summed E-state index contributed by atoms with van der Waals surface area (Å²) in [4.78, 5) is 24.4. The zero-order valence-corrected chi connectivity index (χ0v) is 13.9. The van der Waals surface area contributed by atoms with E-state index in [0.717, 1.165) is 9.86 Å². The average molecular weight is 373 g/mol. The lowest BCUT2D eigenvalue weighted by atomic mass is 10.1. The third-order valence-corrected chi connectivity index (χ3v) is 3.94. The maximum Gasteiger partial charge on any atom is 0.374 e. The first-order valence-electron chi connectivity index (χ1n) is 7.04. The number of carbonyl (C=O) groups excluding carboxylic acids is 2. The van der Waals surface area contributed by atoms with Crippen molar-refractivity contribution in [1.29, 1.82) is 0 Å². The lowest BCUT2D eigenvalue weighted by Crippen LogP contribution is -2.24. The first kappa shape index (κ1) is 15.5. The Balaban J connectivity index is 1.73. The molecule has 0 fully saturated rings. The van der Waals surface area contributed by atoms with Crippen LogP contribution < -0.4 is 0 Å². The van der Waals surface area contributed by atoms with Crippen molar-refractivity contribution >= 4 is 38.7 Å². The molecule has 0 aliphatic rings. The summed E-state index contributed by atoms with van der Waals surface area (Å²) >= 11 is 3.31. The minimum Gasteiger partial charge on any atom is -0.449 e. The number of benzene rings is 2. The number of Topliss-reactive ketones (excluding diaryl/α,β-unsaturated/α-hetero) is 1. The van der Waals surface area contributed by atoms with Crippen LogP contribution in [0.5, 0.6) is 0 Å². The molecule has 3 rings (SSSR count). The van der Waals surface area contributed by atoms with Crippen molar-refractivity contribution in [3.8, 4) is 0 Å². The Morgan fingerprint density at radius 2 is 1.78 bits per heavy atom. The summed E-state index contributed by atoms with van der Waals surface area (Å²) in [7, 11) is 0. The van der Waals surface area contributed by atoms with Crippen LogP contribution in [-0.2, 0) is 4.74 Å². The van der Waals surface area contributed by atoms with E-state index in [1.807, 2.05) is 18.2 Å². The fraction of sp³-hybridized carbons (Fsp3) is 0.111. The summed E-state index contributed by atoms with van der Waals surface area (Å²) in [6.45, 7) is 1.55. The van der Waals surface area contributed by atoms with E-state index in [4.69, 9.17) is 9.15 Å². The Labute approximate surface area is 141 Å². The molecule has 23 heavy (non-hydrogen) atoms. The Morgan fingerprint density at radius 3 is 2.48 bits per heavy atom. The van der Waals surface area contributed by atoms with Gasteiger partial charge in [-0.1, -0.05) is 46.3 Å². The maximum atomic E-state index is 12.3. The van der Waals surface area contributed by atoms with Crippen molar-refractivity contribution in [3.05, 3.63) is 70.4 Å². The number of esters is 1. The summed E-state index contributed by atoms with van der Waals surface area (Å²) in [6.07, 6.45) is -0.892. The number of ketones is 1. The number of hydrogen-bond acceptors (Lipinski definition) is 4. The zero-order chi connectivity index (χ0) is 16.4. The molecule has 1 heterocycles. The van der Waals surface area contributed by atoms with E-state index in [0.29, 0.717) is 11.1 Å². The SMILES string of the molecule is C[C@H](OC(=O)c1cc2ccccc2o1)C(=O)c1ccc(Br)cc1. The van der Waals surface area contributed by atoms with E-state index in [1.54, 1.807) is 43.3 Å². The third-order valence-electron chi connectivity index (χ3n) is 3.41. The number of para-hydroxylation sites is 1. The number of halogens is 1.